The predicted molar refractivity (Wildman–Crippen MR) is 61.4 cm³/mol. The third-order valence-electron chi connectivity index (χ3n) is 1.64. The molecule has 0 fully saturated rings. The molecule has 0 aliphatic rings. The molecule has 0 aromatic rings. The number of hydrogen-bond acceptors (Lipinski definition) is 2. The summed E-state index contributed by atoms with van der Waals surface area (Å²) >= 11 is 0. The molecule has 0 bridgehead atoms. The van der Waals surface area contributed by atoms with Gasteiger partial charge in [0.15, 0.2) is 0 Å². The van der Waals surface area contributed by atoms with Crippen LogP contribution < -0.4 is 16.2 Å². The Hall–Kier alpha value is -0.820. The maximum Gasteiger partial charge on any atom is 0.320 e. The van der Waals surface area contributed by atoms with Gasteiger partial charge in [-0.3, -0.25) is 0 Å². The van der Waals surface area contributed by atoms with Crippen LogP contribution in [0.4, 0.5) is 0 Å². The Morgan fingerprint density at radius 2 is 1.93 bits per heavy atom. The minimum absolute atomic E-state index is 0.161. The van der Waals surface area contributed by atoms with Crippen molar-refractivity contribution >= 4 is 16.2 Å². The second-order valence-corrected chi connectivity index (χ2v) is 5.80. The van der Waals surface area contributed by atoms with Gasteiger partial charge in [0.2, 0.25) is 5.96 Å². The molecule has 0 heterocycles. The number of nitrogens with one attached hydrogen (secondary N) is 1. The van der Waals surface area contributed by atoms with E-state index in [1.807, 2.05) is 0 Å². The van der Waals surface area contributed by atoms with Gasteiger partial charge in [0.25, 0.3) is 0 Å². The molecule has 0 rings (SSSR count). The number of hydrogen-bond donors (Lipinski definition) is 3. The van der Waals surface area contributed by atoms with Gasteiger partial charge < -0.3 is 11.1 Å². The van der Waals surface area contributed by atoms with Crippen molar-refractivity contribution < 1.29 is 8.42 Å². The molecule has 0 spiro atoms. The SMILES string of the molecule is CC(C)(C)CCCN/C(N)=N/S(N)(=O)=O. The summed E-state index contributed by atoms with van der Waals surface area (Å²) in [5.41, 5.74) is 5.55. The standard InChI is InChI=1S/C8H20N4O2S/c1-8(2,3)5-4-6-11-7(9)12-15(10,13)14/h4-6H2,1-3H3,(H3,9,11,12)(H2,10,13,14). The van der Waals surface area contributed by atoms with E-state index in [1.54, 1.807) is 0 Å². The van der Waals surface area contributed by atoms with E-state index in [0.717, 1.165) is 12.8 Å². The van der Waals surface area contributed by atoms with Gasteiger partial charge in [-0.1, -0.05) is 20.8 Å². The van der Waals surface area contributed by atoms with Crippen LogP contribution in [-0.4, -0.2) is 20.9 Å². The van der Waals surface area contributed by atoms with E-state index >= 15 is 0 Å². The molecular formula is C8H20N4O2S. The highest BCUT2D eigenvalue weighted by Crippen LogP contribution is 2.19. The van der Waals surface area contributed by atoms with Crippen LogP contribution in [0, 0.1) is 5.41 Å². The molecule has 6 nitrogen and oxygen atoms in total. The van der Waals surface area contributed by atoms with Crippen LogP contribution >= 0.6 is 0 Å². The van der Waals surface area contributed by atoms with E-state index in [0.29, 0.717) is 6.54 Å². The Kier molecular flexibility index (Phi) is 5.02. The maximum atomic E-state index is 10.5. The fourth-order valence-corrected chi connectivity index (χ4v) is 1.34. The van der Waals surface area contributed by atoms with E-state index < -0.39 is 10.2 Å². The lowest BCUT2D eigenvalue weighted by Gasteiger charge is -2.17. The number of rotatable bonds is 4. The molecule has 0 saturated carbocycles. The Labute approximate surface area is 91.3 Å². The van der Waals surface area contributed by atoms with Gasteiger partial charge in [-0.25, -0.2) is 5.14 Å². The Morgan fingerprint density at radius 1 is 1.40 bits per heavy atom. The molecule has 5 N–H and O–H groups in total. The molecule has 90 valence electrons. The fourth-order valence-electron chi connectivity index (χ4n) is 1.00. The van der Waals surface area contributed by atoms with Crippen molar-refractivity contribution in [2.75, 3.05) is 6.54 Å². The summed E-state index contributed by atoms with van der Waals surface area (Å²) in [6.45, 7) is 6.99. The summed E-state index contributed by atoms with van der Waals surface area (Å²) in [4.78, 5) is 0. The molecule has 0 amide bonds. The summed E-state index contributed by atoms with van der Waals surface area (Å²) in [5, 5.41) is 7.35. The largest absolute Gasteiger partial charge is 0.369 e. The first kappa shape index (κ1) is 14.2. The quantitative estimate of drug-likeness (QED) is 0.360. The lowest BCUT2D eigenvalue weighted by atomic mass is 9.91. The lowest BCUT2D eigenvalue weighted by Crippen LogP contribution is -2.34. The average Bonchev–Trinajstić information content (AvgIpc) is 1.92. The summed E-state index contributed by atoms with van der Waals surface area (Å²) in [6, 6.07) is 0. The van der Waals surface area contributed by atoms with Crippen LogP contribution in [0.1, 0.15) is 33.6 Å². The third-order valence-corrected chi connectivity index (χ3v) is 2.09. The minimum Gasteiger partial charge on any atom is -0.369 e. The van der Waals surface area contributed by atoms with Crippen molar-refractivity contribution in [1.29, 1.82) is 0 Å². The van der Waals surface area contributed by atoms with Crippen molar-refractivity contribution in [3.05, 3.63) is 0 Å². The molecule has 0 aliphatic heterocycles. The molecule has 15 heavy (non-hydrogen) atoms. The first-order valence-corrected chi connectivity index (χ1v) is 6.22. The normalized spacial score (nSPS) is 14.0. The van der Waals surface area contributed by atoms with Gasteiger partial charge in [-0.2, -0.15) is 8.42 Å². The topological polar surface area (TPSA) is 111 Å². The van der Waals surface area contributed by atoms with E-state index in [1.165, 1.54) is 0 Å². The van der Waals surface area contributed by atoms with Gasteiger partial charge in [0.1, 0.15) is 0 Å². The van der Waals surface area contributed by atoms with Gasteiger partial charge in [0, 0.05) is 6.54 Å². The number of guanidine groups is 1. The van der Waals surface area contributed by atoms with Crippen LogP contribution in [0.2, 0.25) is 0 Å². The lowest BCUT2D eigenvalue weighted by molar-refractivity contribution is 0.365. The first-order valence-electron chi connectivity index (χ1n) is 4.72. The van der Waals surface area contributed by atoms with Crippen LogP contribution in [0.5, 0.6) is 0 Å². The number of nitrogens with two attached hydrogens (primary N) is 2. The van der Waals surface area contributed by atoms with E-state index in [4.69, 9.17) is 5.73 Å². The van der Waals surface area contributed by atoms with E-state index in [-0.39, 0.29) is 11.4 Å². The average molecular weight is 236 g/mol. The number of nitrogens with zero attached hydrogens (tertiary/aromatic N) is 1. The molecule has 0 aromatic heterocycles. The highest BCUT2D eigenvalue weighted by atomic mass is 32.2. The zero-order chi connectivity index (χ0) is 12.1. The minimum atomic E-state index is -3.89. The highest BCUT2D eigenvalue weighted by molar-refractivity contribution is 7.88. The van der Waals surface area contributed by atoms with Crippen LogP contribution in [-0.2, 0) is 10.2 Å². The van der Waals surface area contributed by atoms with Crippen molar-refractivity contribution in [3.63, 3.8) is 0 Å². The summed E-state index contributed by atoms with van der Waals surface area (Å²) < 4.78 is 24.1. The van der Waals surface area contributed by atoms with Crippen molar-refractivity contribution in [1.82, 2.24) is 5.32 Å². The molecule has 0 radical (unpaired) electrons. The molecule has 0 aliphatic carbocycles. The van der Waals surface area contributed by atoms with Crippen LogP contribution in [0.15, 0.2) is 4.40 Å². The molecule has 0 saturated heterocycles. The molecule has 7 heteroatoms. The smallest absolute Gasteiger partial charge is 0.320 e. The summed E-state index contributed by atoms with van der Waals surface area (Å²) in [7, 11) is -3.89. The van der Waals surface area contributed by atoms with E-state index in [2.05, 4.69) is 35.6 Å². The van der Waals surface area contributed by atoms with Gasteiger partial charge in [-0.05, 0) is 18.3 Å². The van der Waals surface area contributed by atoms with Gasteiger partial charge in [-0.15, -0.1) is 4.40 Å². The maximum absolute atomic E-state index is 10.5. The molecular weight excluding hydrogens is 216 g/mol. The van der Waals surface area contributed by atoms with Crippen LogP contribution in [0.25, 0.3) is 0 Å². The van der Waals surface area contributed by atoms with Crippen LogP contribution in [0.3, 0.4) is 0 Å². The zero-order valence-corrected chi connectivity index (χ0v) is 10.3. The molecule has 0 atom stereocenters. The van der Waals surface area contributed by atoms with Crippen molar-refractivity contribution in [2.45, 2.75) is 33.6 Å². The highest BCUT2D eigenvalue weighted by Gasteiger charge is 2.09. The van der Waals surface area contributed by atoms with Gasteiger partial charge in [0.05, 0.1) is 0 Å². The summed E-state index contributed by atoms with van der Waals surface area (Å²) in [5.74, 6) is -0.161. The Bertz CT molecular complexity index is 316. The molecule has 0 unspecified atom stereocenters. The second kappa shape index (κ2) is 5.32. The second-order valence-electron chi connectivity index (χ2n) is 4.58. The Morgan fingerprint density at radius 3 is 2.33 bits per heavy atom. The van der Waals surface area contributed by atoms with Crippen molar-refractivity contribution in [2.24, 2.45) is 20.7 Å². The van der Waals surface area contributed by atoms with E-state index in [9.17, 15) is 8.42 Å². The Balaban J connectivity index is 3.84. The van der Waals surface area contributed by atoms with Crippen molar-refractivity contribution in [3.8, 4) is 0 Å². The third kappa shape index (κ3) is 11.1. The predicted octanol–water partition coefficient (Wildman–Crippen LogP) is -0.0795. The monoisotopic (exact) mass is 236 g/mol. The fraction of sp³-hybridized carbons (Fsp3) is 0.875. The zero-order valence-electron chi connectivity index (χ0n) is 9.45. The van der Waals surface area contributed by atoms with Gasteiger partial charge >= 0.3 is 10.2 Å². The summed E-state index contributed by atoms with van der Waals surface area (Å²) in [6.07, 6.45) is 1.91. The first-order chi connectivity index (χ1) is 6.60. The molecule has 0 aromatic carbocycles.